The SMILES string of the molecule is O=C1/C(=C\c2ccn(C3CCCCC3)c2)SC(=Nc2ccccc2)N1CCCc1ccccc1. The van der Waals surface area contributed by atoms with Gasteiger partial charge in [0.15, 0.2) is 5.17 Å². The quantitative estimate of drug-likeness (QED) is 0.342. The second-order valence-corrected chi connectivity index (χ2v) is 10.1. The number of rotatable bonds is 7. The number of nitrogens with zero attached hydrogens (tertiary/aromatic N) is 3. The monoisotopic (exact) mass is 469 g/mol. The van der Waals surface area contributed by atoms with Crippen LogP contribution in [0.1, 0.15) is 55.7 Å². The van der Waals surface area contributed by atoms with Gasteiger partial charge in [-0.15, -0.1) is 0 Å². The summed E-state index contributed by atoms with van der Waals surface area (Å²) in [6, 6.07) is 23.1. The van der Waals surface area contributed by atoms with Gasteiger partial charge in [-0.3, -0.25) is 9.69 Å². The standard InChI is InChI=1S/C29H31N3OS/c33-28-27(21-24-18-20-31(22-24)26-16-8-3-9-17-26)34-29(30-25-14-6-2-7-15-25)32(28)19-10-13-23-11-4-1-5-12-23/h1-2,4-7,11-12,14-15,18,20-22,26H,3,8-10,13,16-17,19H2/b27-21+,30-29?. The van der Waals surface area contributed by atoms with Crippen molar-refractivity contribution in [2.75, 3.05) is 6.54 Å². The number of aromatic nitrogens is 1. The number of hydrogen-bond donors (Lipinski definition) is 0. The number of amides is 1. The van der Waals surface area contributed by atoms with Crippen molar-refractivity contribution in [1.82, 2.24) is 9.47 Å². The molecule has 1 aromatic heterocycles. The van der Waals surface area contributed by atoms with Crippen molar-refractivity contribution in [3.63, 3.8) is 0 Å². The fourth-order valence-corrected chi connectivity index (χ4v) is 5.79. The minimum atomic E-state index is 0.0539. The van der Waals surface area contributed by atoms with Gasteiger partial charge in [-0.25, -0.2) is 4.99 Å². The van der Waals surface area contributed by atoms with Gasteiger partial charge in [0, 0.05) is 25.0 Å². The van der Waals surface area contributed by atoms with E-state index in [0.29, 0.717) is 12.6 Å². The number of aliphatic imine (C=N–C) groups is 1. The minimum absolute atomic E-state index is 0.0539. The van der Waals surface area contributed by atoms with Crippen molar-refractivity contribution >= 4 is 34.6 Å². The first-order chi connectivity index (χ1) is 16.8. The fourth-order valence-electron chi connectivity index (χ4n) is 4.76. The van der Waals surface area contributed by atoms with Crippen molar-refractivity contribution in [3.8, 4) is 0 Å². The Hall–Kier alpha value is -3.05. The number of para-hydroxylation sites is 1. The molecule has 174 valence electrons. The van der Waals surface area contributed by atoms with Crippen molar-refractivity contribution in [1.29, 1.82) is 0 Å². The van der Waals surface area contributed by atoms with Crippen LogP contribution < -0.4 is 0 Å². The van der Waals surface area contributed by atoms with E-state index >= 15 is 0 Å². The predicted molar refractivity (Wildman–Crippen MR) is 142 cm³/mol. The second-order valence-electron chi connectivity index (χ2n) is 9.07. The largest absolute Gasteiger partial charge is 0.351 e. The molecular formula is C29H31N3OS. The maximum atomic E-state index is 13.4. The molecule has 1 amide bonds. The predicted octanol–water partition coefficient (Wildman–Crippen LogP) is 7.23. The molecule has 1 saturated heterocycles. The van der Waals surface area contributed by atoms with Gasteiger partial charge in [0.25, 0.3) is 5.91 Å². The molecule has 0 spiro atoms. The van der Waals surface area contributed by atoms with E-state index in [0.717, 1.165) is 34.2 Å². The lowest BCUT2D eigenvalue weighted by atomic mass is 9.95. The van der Waals surface area contributed by atoms with E-state index in [-0.39, 0.29) is 5.91 Å². The summed E-state index contributed by atoms with van der Waals surface area (Å²) in [5, 5.41) is 0.766. The summed E-state index contributed by atoms with van der Waals surface area (Å²) >= 11 is 1.49. The average molecular weight is 470 g/mol. The molecule has 3 aromatic rings. The zero-order valence-corrected chi connectivity index (χ0v) is 20.3. The lowest BCUT2D eigenvalue weighted by Crippen LogP contribution is -2.30. The molecule has 1 aliphatic carbocycles. The maximum absolute atomic E-state index is 13.4. The number of thioether (sulfide) groups is 1. The summed E-state index contributed by atoms with van der Waals surface area (Å²) in [6.07, 6.45) is 14.7. The second kappa shape index (κ2) is 10.9. The normalized spacial score (nSPS) is 19.4. The minimum Gasteiger partial charge on any atom is -0.351 e. The van der Waals surface area contributed by atoms with E-state index in [1.165, 1.54) is 49.4 Å². The molecule has 5 rings (SSSR count). The molecule has 4 nitrogen and oxygen atoms in total. The molecule has 5 heteroatoms. The van der Waals surface area contributed by atoms with Crippen molar-refractivity contribution in [2.45, 2.75) is 51.0 Å². The first-order valence-electron chi connectivity index (χ1n) is 12.3. The lowest BCUT2D eigenvalue weighted by molar-refractivity contribution is -0.122. The van der Waals surface area contributed by atoms with Gasteiger partial charge in [0.1, 0.15) is 0 Å². The van der Waals surface area contributed by atoms with Crippen LogP contribution in [0, 0.1) is 0 Å². The van der Waals surface area contributed by atoms with Crippen LogP contribution in [-0.2, 0) is 11.2 Å². The van der Waals surface area contributed by atoms with Crippen molar-refractivity contribution < 1.29 is 4.79 Å². The Kier molecular flexibility index (Phi) is 7.30. The molecule has 34 heavy (non-hydrogen) atoms. The van der Waals surface area contributed by atoms with Crippen LogP contribution in [0.5, 0.6) is 0 Å². The zero-order chi connectivity index (χ0) is 23.2. The summed E-state index contributed by atoms with van der Waals surface area (Å²) in [7, 11) is 0. The van der Waals surface area contributed by atoms with E-state index < -0.39 is 0 Å². The van der Waals surface area contributed by atoms with E-state index in [1.54, 1.807) is 0 Å². The van der Waals surface area contributed by atoms with Crippen molar-refractivity contribution in [2.24, 2.45) is 4.99 Å². The van der Waals surface area contributed by atoms with Crippen LogP contribution >= 0.6 is 11.8 Å². The van der Waals surface area contributed by atoms with Crippen LogP contribution in [0.25, 0.3) is 6.08 Å². The van der Waals surface area contributed by atoms with Crippen LogP contribution in [0.4, 0.5) is 5.69 Å². The van der Waals surface area contributed by atoms with E-state index in [2.05, 4.69) is 47.3 Å². The van der Waals surface area contributed by atoms with Crippen LogP contribution in [0.2, 0.25) is 0 Å². The number of amidine groups is 1. The Morgan fingerprint density at radius 2 is 1.68 bits per heavy atom. The highest BCUT2D eigenvalue weighted by atomic mass is 32.2. The molecule has 0 bridgehead atoms. The Labute approximate surface area is 206 Å². The van der Waals surface area contributed by atoms with Gasteiger partial charge in [0.2, 0.25) is 0 Å². The van der Waals surface area contributed by atoms with Crippen LogP contribution in [0.3, 0.4) is 0 Å². The van der Waals surface area contributed by atoms with Gasteiger partial charge in [0.05, 0.1) is 10.6 Å². The third kappa shape index (κ3) is 5.53. The number of benzene rings is 2. The Bertz CT molecular complexity index is 1160. The average Bonchev–Trinajstić information content (AvgIpc) is 3.46. The lowest BCUT2D eigenvalue weighted by Gasteiger charge is -2.23. The van der Waals surface area contributed by atoms with E-state index in [1.807, 2.05) is 47.4 Å². The highest BCUT2D eigenvalue weighted by Gasteiger charge is 2.33. The molecular weight excluding hydrogens is 438 g/mol. The molecule has 0 radical (unpaired) electrons. The zero-order valence-electron chi connectivity index (χ0n) is 19.5. The smallest absolute Gasteiger partial charge is 0.266 e. The third-order valence-corrected chi connectivity index (χ3v) is 7.60. The van der Waals surface area contributed by atoms with E-state index in [4.69, 9.17) is 4.99 Å². The molecule has 2 aromatic carbocycles. The highest BCUT2D eigenvalue weighted by molar-refractivity contribution is 8.18. The van der Waals surface area contributed by atoms with Gasteiger partial charge in [-0.05, 0) is 72.8 Å². The summed E-state index contributed by atoms with van der Waals surface area (Å²) in [5.74, 6) is 0.0539. The van der Waals surface area contributed by atoms with Crippen molar-refractivity contribution in [3.05, 3.63) is 95.2 Å². The summed E-state index contributed by atoms with van der Waals surface area (Å²) < 4.78 is 2.34. The molecule has 2 fully saturated rings. The molecule has 0 atom stereocenters. The first-order valence-corrected chi connectivity index (χ1v) is 13.1. The number of carbonyl (C=O) groups excluding carboxylic acids is 1. The summed E-state index contributed by atoms with van der Waals surface area (Å²) in [4.78, 5) is 20.8. The van der Waals surface area contributed by atoms with Gasteiger partial charge in [-0.2, -0.15) is 0 Å². The molecule has 2 aliphatic rings. The fraction of sp³-hybridized carbons (Fsp3) is 0.310. The number of aryl methyl sites for hydroxylation is 1. The first kappa shape index (κ1) is 22.7. The number of hydrogen-bond acceptors (Lipinski definition) is 3. The molecule has 2 heterocycles. The van der Waals surface area contributed by atoms with Gasteiger partial charge >= 0.3 is 0 Å². The Balaban J connectivity index is 1.34. The molecule has 0 unspecified atom stereocenters. The van der Waals surface area contributed by atoms with Crippen LogP contribution in [-0.4, -0.2) is 27.1 Å². The number of carbonyl (C=O) groups is 1. The van der Waals surface area contributed by atoms with Crippen LogP contribution in [0.15, 0.2) is 89.0 Å². The van der Waals surface area contributed by atoms with E-state index in [9.17, 15) is 4.79 Å². The topological polar surface area (TPSA) is 37.6 Å². The van der Waals surface area contributed by atoms with Gasteiger partial charge < -0.3 is 4.57 Å². The summed E-state index contributed by atoms with van der Waals surface area (Å²) in [5.41, 5.74) is 3.25. The Morgan fingerprint density at radius 3 is 2.44 bits per heavy atom. The third-order valence-electron chi connectivity index (χ3n) is 6.59. The Morgan fingerprint density at radius 1 is 0.941 bits per heavy atom. The van der Waals surface area contributed by atoms with Gasteiger partial charge in [-0.1, -0.05) is 67.8 Å². The highest BCUT2D eigenvalue weighted by Crippen LogP contribution is 2.35. The molecule has 1 saturated carbocycles. The molecule has 0 N–H and O–H groups in total. The maximum Gasteiger partial charge on any atom is 0.266 e. The summed E-state index contributed by atoms with van der Waals surface area (Å²) in [6.45, 7) is 0.660. The molecule has 1 aliphatic heterocycles.